The number of anilines is 1. The van der Waals surface area contributed by atoms with Crippen LogP contribution < -0.4 is 5.73 Å². The Balaban J connectivity index is 2.78. The van der Waals surface area contributed by atoms with Crippen LogP contribution in [0.5, 0.6) is 0 Å². The van der Waals surface area contributed by atoms with E-state index in [0.717, 1.165) is 15.6 Å². The number of benzene rings is 1. The summed E-state index contributed by atoms with van der Waals surface area (Å²) >= 11 is 1.52. The lowest BCUT2D eigenvalue weighted by molar-refractivity contribution is 0.284. The normalized spacial score (nSPS) is 10.3. The van der Waals surface area contributed by atoms with E-state index >= 15 is 0 Å². The summed E-state index contributed by atoms with van der Waals surface area (Å²) in [6.07, 6.45) is 0. The molecular weight excluding hydrogens is 196 g/mol. The van der Waals surface area contributed by atoms with Crippen LogP contribution in [0.25, 0.3) is 10.1 Å². The Morgan fingerprint density at radius 3 is 2.93 bits per heavy atom. The molecular formula is C10H8N2OS. The van der Waals surface area contributed by atoms with Gasteiger partial charge < -0.3 is 10.8 Å². The largest absolute Gasteiger partial charge is 0.398 e. The molecule has 0 saturated heterocycles. The fourth-order valence-corrected chi connectivity index (χ4v) is 2.34. The second-order valence-corrected chi connectivity index (χ2v) is 3.88. The van der Waals surface area contributed by atoms with Gasteiger partial charge in [-0.25, -0.2) is 0 Å². The quantitative estimate of drug-likeness (QED) is 0.696. The zero-order valence-electron chi connectivity index (χ0n) is 7.32. The van der Waals surface area contributed by atoms with E-state index in [2.05, 4.69) is 0 Å². The van der Waals surface area contributed by atoms with Gasteiger partial charge in [0.05, 0.1) is 17.9 Å². The highest BCUT2D eigenvalue weighted by molar-refractivity contribution is 7.17. The topological polar surface area (TPSA) is 70.0 Å². The first-order valence-corrected chi connectivity index (χ1v) is 4.94. The van der Waals surface area contributed by atoms with Gasteiger partial charge in [-0.3, -0.25) is 0 Å². The maximum Gasteiger partial charge on any atom is 0.101 e. The van der Waals surface area contributed by atoms with E-state index in [4.69, 9.17) is 16.1 Å². The summed E-state index contributed by atoms with van der Waals surface area (Å²) in [7, 11) is 0. The van der Waals surface area contributed by atoms with E-state index in [1.165, 1.54) is 11.3 Å². The summed E-state index contributed by atoms with van der Waals surface area (Å²) in [5.74, 6) is 0. The number of aliphatic hydroxyl groups is 1. The minimum Gasteiger partial charge on any atom is -0.398 e. The first-order chi connectivity index (χ1) is 6.76. The zero-order chi connectivity index (χ0) is 10.1. The molecule has 0 amide bonds. The van der Waals surface area contributed by atoms with Gasteiger partial charge >= 0.3 is 0 Å². The zero-order valence-corrected chi connectivity index (χ0v) is 8.14. The number of fused-ring (bicyclic) bond motifs is 1. The standard InChI is InChI=1S/C10H8N2OS/c11-3-6-1-8-7(4-13)5-14-10(8)2-9(6)12/h1-2,5,13H,4,12H2. The van der Waals surface area contributed by atoms with Crippen LogP contribution in [-0.4, -0.2) is 5.11 Å². The lowest BCUT2D eigenvalue weighted by Gasteiger charge is -1.98. The van der Waals surface area contributed by atoms with Crippen LogP contribution in [0, 0.1) is 11.3 Å². The van der Waals surface area contributed by atoms with Crippen molar-refractivity contribution in [3.8, 4) is 6.07 Å². The van der Waals surface area contributed by atoms with Gasteiger partial charge in [-0.1, -0.05) is 0 Å². The Morgan fingerprint density at radius 1 is 1.50 bits per heavy atom. The first kappa shape index (κ1) is 9.00. The molecule has 2 aromatic rings. The number of nitrogen functional groups attached to an aromatic ring is 1. The molecule has 0 spiro atoms. The number of nitrogens with two attached hydrogens (primary N) is 1. The highest BCUT2D eigenvalue weighted by Crippen LogP contribution is 2.29. The first-order valence-electron chi connectivity index (χ1n) is 4.07. The molecule has 1 heterocycles. The van der Waals surface area contributed by atoms with Crippen molar-refractivity contribution >= 4 is 27.1 Å². The maximum absolute atomic E-state index is 9.05. The molecule has 0 unspecified atom stereocenters. The second-order valence-electron chi connectivity index (χ2n) is 2.97. The van der Waals surface area contributed by atoms with Crippen molar-refractivity contribution in [2.45, 2.75) is 6.61 Å². The molecule has 0 aliphatic rings. The molecule has 3 N–H and O–H groups in total. The summed E-state index contributed by atoms with van der Waals surface area (Å²) in [6.45, 7) is -0.00517. The Bertz CT molecular complexity index is 525. The van der Waals surface area contributed by atoms with Crippen LogP contribution in [0.4, 0.5) is 5.69 Å². The third-order valence-corrected chi connectivity index (χ3v) is 3.11. The van der Waals surface area contributed by atoms with Crippen molar-refractivity contribution in [2.24, 2.45) is 0 Å². The number of thiophene rings is 1. The van der Waals surface area contributed by atoms with Gasteiger partial charge in [-0.15, -0.1) is 11.3 Å². The molecule has 1 aromatic heterocycles. The van der Waals surface area contributed by atoms with Gasteiger partial charge in [-0.05, 0) is 28.5 Å². The fourth-order valence-electron chi connectivity index (χ4n) is 1.36. The Labute approximate surface area is 85.0 Å². The smallest absolute Gasteiger partial charge is 0.101 e. The molecule has 0 fully saturated rings. The third kappa shape index (κ3) is 1.23. The van der Waals surface area contributed by atoms with Crippen molar-refractivity contribution < 1.29 is 5.11 Å². The summed E-state index contributed by atoms with van der Waals surface area (Å²) in [4.78, 5) is 0. The van der Waals surface area contributed by atoms with Crippen molar-refractivity contribution in [3.63, 3.8) is 0 Å². The Kier molecular flexibility index (Phi) is 2.12. The van der Waals surface area contributed by atoms with Crippen LogP contribution in [-0.2, 0) is 6.61 Å². The van der Waals surface area contributed by atoms with Gasteiger partial charge in [0.2, 0.25) is 0 Å². The van der Waals surface area contributed by atoms with Gasteiger partial charge in [0.25, 0.3) is 0 Å². The molecule has 0 aliphatic heterocycles. The van der Waals surface area contributed by atoms with Gasteiger partial charge in [0, 0.05) is 4.70 Å². The third-order valence-electron chi connectivity index (χ3n) is 2.12. The molecule has 4 heteroatoms. The van der Waals surface area contributed by atoms with Crippen LogP contribution >= 0.6 is 11.3 Å². The highest BCUT2D eigenvalue weighted by Gasteiger charge is 2.06. The number of rotatable bonds is 1. The van der Waals surface area contributed by atoms with Crippen LogP contribution in [0.3, 0.4) is 0 Å². The predicted octanol–water partition coefficient (Wildman–Crippen LogP) is 1.85. The average Bonchev–Trinajstić information content (AvgIpc) is 2.58. The SMILES string of the molecule is N#Cc1cc2c(CO)csc2cc1N. The summed E-state index contributed by atoms with van der Waals surface area (Å²) < 4.78 is 1.01. The highest BCUT2D eigenvalue weighted by atomic mass is 32.1. The number of hydrogen-bond acceptors (Lipinski definition) is 4. The average molecular weight is 204 g/mol. The molecule has 0 radical (unpaired) electrons. The van der Waals surface area contributed by atoms with Gasteiger partial charge in [0.1, 0.15) is 6.07 Å². The predicted molar refractivity (Wildman–Crippen MR) is 56.9 cm³/mol. The Morgan fingerprint density at radius 2 is 2.29 bits per heavy atom. The number of aliphatic hydroxyl groups excluding tert-OH is 1. The summed E-state index contributed by atoms with van der Waals surface area (Å²) in [6, 6.07) is 5.53. The summed E-state index contributed by atoms with van der Waals surface area (Å²) in [5, 5.41) is 20.6. The van der Waals surface area contributed by atoms with Crippen molar-refractivity contribution in [1.82, 2.24) is 0 Å². The van der Waals surface area contributed by atoms with Crippen LogP contribution in [0.1, 0.15) is 11.1 Å². The van der Waals surface area contributed by atoms with Crippen LogP contribution in [0.15, 0.2) is 17.5 Å². The summed E-state index contributed by atoms with van der Waals surface area (Å²) in [5.41, 5.74) is 7.47. The fraction of sp³-hybridized carbons (Fsp3) is 0.100. The molecule has 3 nitrogen and oxygen atoms in total. The van der Waals surface area contributed by atoms with E-state index in [1.54, 1.807) is 12.1 Å². The molecule has 1 aromatic carbocycles. The van der Waals surface area contributed by atoms with E-state index in [0.29, 0.717) is 11.3 Å². The molecule has 0 atom stereocenters. The van der Waals surface area contributed by atoms with E-state index in [1.807, 2.05) is 11.4 Å². The van der Waals surface area contributed by atoms with Crippen molar-refractivity contribution in [1.29, 1.82) is 5.26 Å². The number of hydrogen-bond donors (Lipinski definition) is 2. The minimum absolute atomic E-state index is 0.00517. The van der Waals surface area contributed by atoms with Gasteiger partial charge in [-0.2, -0.15) is 5.26 Å². The lowest BCUT2D eigenvalue weighted by Crippen LogP contribution is -1.89. The minimum atomic E-state index is -0.00517. The molecule has 2 rings (SSSR count). The van der Waals surface area contributed by atoms with Crippen molar-refractivity contribution in [3.05, 3.63) is 28.6 Å². The number of nitriles is 1. The molecule has 14 heavy (non-hydrogen) atoms. The maximum atomic E-state index is 9.05. The lowest BCUT2D eigenvalue weighted by atomic mass is 10.1. The molecule has 0 aliphatic carbocycles. The molecule has 70 valence electrons. The van der Waals surface area contributed by atoms with E-state index in [-0.39, 0.29) is 6.61 Å². The van der Waals surface area contributed by atoms with E-state index < -0.39 is 0 Å². The number of nitrogens with zero attached hydrogens (tertiary/aromatic N) is 1. The van der Waals surface area contributed by atoms with E-state index in [9.17, 15) is 0 Å². The molecule has 0 bridgehead atoms. The second kappa shape index (κ2) is 3.29. The molecule has 0 saturated carbocycles. The monoisotopic (exact) mass is 204 g/mol. The Hall–Kier alpha value is -1.57. The van der Waals surface area contributed by atoms with Crippen LogP contribution in [0.2, 0.25) is 0 Å². The van der Waals surface area contributed by atoms with Crippen molar-refractivity contribution in [2.75, 3.05) is 5.73 Å². The van der Waals surface area contributed by atoms with Gasteiger partial charge in [0.15, 0.2) is 0 Å².